The molecule has 1 aliphatic rings. The minimum Gasteiger partial charge on any atom is -0.351 e. The van der Waals surface area contributed by atoms with E-state index in [1.807, 2.05) is 17.8 Å². The summed E-state index contributed by atoms with van der Waals surface area (Å²) in [6.07, 6.45) is 0. The van der Waals surface area contributed by atoms with Crippen LogP contribution in [0.1, 0.15) is 5.56 Å². The van der Waals surface area contributed by atoms with Crippen molar-refractivity contribution in [2.45, 2.75) is 11.8 Å². The Hall–Kier alpha value is -0.0300. The molecule has 98 valence electrons. The third kappa shape index (κ3) is 3.98. The van der Waals surface area contributed by atoms with Gasteiger partial charge in [-0.05, 0) is 17.7 Å². The van der Waals surface area contributed by atoms with Crippen molar-refractivity contribution in [1.29, 1.82) is 0 Å². The van der Waals surface area contributed by atoms with E-state index in [4.69, 9.17) is 23.2 Å². The molecule has 1 heterocycles. The van der Waals surface area contributed by atoms with E-state index in [0.717, 1.165) is 22.8 Å². The normalized spacial score (nSPS) is 19.6. The van der Waals surface area contributed by atoms with Crippen molar-refractivity contribution in [1.82, 2.24) is 5.32 Å². The van der Waals surface area contributed by atoms with Crippen LogP contribution in [0.5, 0.6) is 0 Å². The van der Waals surface area contributed by atoms with E-state index < -0.39 is 0 Å². The first-order valence-corrected chi connectivity index (χ1v) is 8.54. The summed E-state index contributed by atoms with van der Waals surface area (Å²) in [4.78, 5) is 11.9. The second-order valence-electron chi connectivity index (χ2n) is 3.89. The Kier molecular flexibility index (Phi) is 5.55. The number of rotatable bonds is 3. The number of carbonyl (C=O) groups excluding carboxylic acids is 1. The van der Waals surface area contributed by atoms with Crippen LogP contribution in [-0.2, 0) is 11.3 Å². The smallest absolute Gasteiger partial charge is 0.234 e. The molecule has 1 amide bonds. The predicted molar refractivity (Wildman–Crippen MR) is 81.9 cm³/mol. The summed E-state index contributed by atoms with van der Waals surface area (Å²) >= 11 is 15.4. The summed E-state index contributed by atoms with van der Waals surface area (Å²) < 4.78 is 0. The van der Waals surface area contributed by atoms with E-state index in [-0.39, 0.29) is 11.2 Å². The van der Waals surface area contributed by atoms with Crippen LogP contribution >= 0.6 is 46.7 Å². The van der Waals surface area contributed by atoms with Crippen molar-refractivity contribution in [3.8, 4) is 0 Å². The molecule has 2 nitrogen and oxygen atoms in total. The molecule has 1 aromatic carbocycles. The van der Waals surface area contributed by atoms with Crippen LogP contribution in [0.15, 0.2) is 18.2 Å². The van der Waals surface area contributed by atoms with Gasteiger partial charge in [0.25, 0.3) is 0 Å². The van der Waals surface area contributed by atoms with Gasteiger partial charge < -0.3 is 5.32 Å². The number of amides is 1. The molecule has 0 spiro atoms. The molecule has 1 aromatic rings. The van der Waals surface area contributed by atoms with Crippen LogP contribution in [0.25, 0.3) is 0 Å². The number of hydrogen-bond acceptors (Lipinski definition) is 3. The van der Waals surface area contributed by atoms with E-state index in [2.05, 4.69) is 5.32 Å². The maximum absolute atomic E-state index is 11.9. The fraction of sp³-hybridized carbons (Fsp3) is 0.417. The third-order valence-corrected chi connectivity index (χ3v) is 5.92. The van der Waals surface area contributed by atoms with Crippen molar-refractivity contribution in [3.05, 3.63) is 33.8 Å². The lowest BCUT2D eigenvalue weighted by molar-refractivity contribution is -0.120. The summed E-state index contributed by atoms with van der Waals surface area (Å²) in [6.45, 7) is 0.455. The molecule has 6 heteroatoms. The van der Waals surface area contributed by atoms with Gasteiger partial charge in [-0.2, -0.15) is 11.8 Å². The predicted octanol–water partition coefficient (Wildman–Crippen LogP) is 3.46. The Morgan fingerprint density at radius 1 is 1.39 bits per heavy atom. The van der Waals surface area contributed by atoms with Gasteiger partial charge in [0.05, 0.1) is 5.25 Å². The summed E-state index contributed by atoms with van der Waals surface area (Å²) in [7, 11) is 0. The number of carbonyl (C=O) groups is 1. The standard InChI is InChI=1S/C12H13Cl2NOS2/c13-9-2-1-8(10(14)5-9)6-15-12(16)11-7-17-3-4-18-11/h1-2,5,11H,3-4,6-7H2,(H,15,16)/t11-/m1/s1. The Morgan fingerprint density at radius 3 is 2.89 bits per heavy atom. The van der Waals surface area contributed by atoms with Gasteiger partial charge in [-0.25, -0.2) is 0 Å². The van der Waals surface area contributed by atoms with E-state index in [1.165, 1.54) is 0 Å². The quantitative estimate of drug-likeness (QED) is 0.924. The van der Waals surface area contributed by atoms with Gasteiger partial charge in [-0.3, -0.25) is 4.79 Å². The van der Waals surface area contributed by atoms with Gasteiger partial charge >= 0.3 is 0 Å². The first-order chi connectivity index (χ1) is 8.66. The van der Waals surface area contributed by atoms with Crippen LogP contribution in [-0.4, -0.2) is 28.4 Å². The van der Waals surface area contributed by atoms with Gasteiger partial charge in [0.1, 0.15) is 0 Å². The van der Waals surface area contributed by atoms with Crippen LogP contribution in [0.3, 0.4) is 0 Å². The summed E-state index contributed by atoms with van der Waals surface area (Å²) in [5.41, 5.74) is 0.892. The molecular weight excluding hydrogens is 309 g/mol. The molecule has 0 saturated carbocycles. The fourth-order valence-electron chi connectivity index (χ4n) is 1.60. The average Bonchev–Trinajstić information content (AvgIpc) is 2.38. The van der Waals surface area contributed by atoms with Crippen molar-refractivity contribution in [2.24, 2.45) is 0 Å². The Balaban J connectivity index is 1.88. The monoisotopic (exact) mass is 321 g/mol. The lowest BCUT2D eigenvalue weighted by atomic mass is 10.2. The molecule has 0 unspecified atom stereocenters. The van der Waals surface area contributed by atoms with E-state index in [1.54, 1.807) is 23.9 Å². The molecule has 0 bridgehead atoms. The lowest BCUT2D eigenvalue weighted by Crippen LogP contribution is -2.35. The summed E-state index contributed by atoms with van der Waals surface area (Å²) in [5.74, 6) is 3.17. The minimum absolute atomic E-state index is 0.0647. The van der Waals surface area contributed by atoms with Crippen LogP contribution in [0, 0.1) is 0 Å². The molecular formula is C12H13Cl2NOS2. The average molecular weight is 322 g/mol. The molecule has 1 fully saturated rings. The number of halogens is 2. The summed E-state index contributed by atoms with van der Waals surface area (Å²) in [5, 5.41) is 4.19. The molecule has 0 aliphatic carbocycles. The molecule has 1 aliphatic heterocycles. The van der Waals surface area contributed by atoms with E-state index in [0.29, 0.717) is 16.6 Å². The third-order valence-electron chi connectivity index (χ3n) is 2.58. The van der Waals surface area contributed by atoms with Crippen molar-refractivity contribution < 1.29 is 4.79 Å². The lowest BCUT2D eigenvalue weighted by Gasteiger charge is -2.20. The molecule has 2 rings (SSSR count). The largest absolute Gasteiger partial charge is 0.351 e. The number of hydrogen-bond donors (Lipinski definition) is 1. The number of thioether (sulfide) groups is 2. The zero-order chi connectivity index (χ0) is 13.0. The Morgan fingerprint density at radius 2 is 2.22 bits per heavy atom. The SMILES string of the molecule is O=C(NCc1ccc(Cl)cc1Cl)[C@H]1CSCCS1. The molecule has 0 aromatic heterocycles. The zero-order valence-corrected chi connectivity index (χ0v) is 12.8. The van der Waals surface area contributed by atoms with Crippen LogP contribution in [0.4, 0.5) is 0 Å². The highest BCUT2D eigenvalue weighted by Gasteiger charge is 2.21. The first kappa shape index (κ1) is 14.4. The highest BCUT2D eigenvalue weighted by molar-refractivity contribution is 8.07. The maximum Gasteiger partial charge on any atom is 0.234 e. The number of benzene rings is 1. The second-order valence-corrected chi connectivity index (χ2v) is 7.19. The van der Waals surface area contributed by atoms with E-state index >= 15 is 0 Å². The fourth-order valence-corrected chi connectivity index (χ4v) is 4.66. The molecule has 1 atom stereocenters. The van der Waals surface area contributed by atoms with Crippen molar-refractivity contribution >= 4 is 52.6 Å². The Labute approximate surface area is 125 Å². The van der Waals surface area contributed by atoms with E-state index in [9.17, 15) is 4.79 Å². The van der Waals surface area contributed by atoms with Crippen molar-refractivity contribution in [3.63, 3.8) is 0 Å². The minimum atomic E-state index is 0.0647. The van der Waals surface area contributed by atoms with Gasteiger partial charge in [0.15, 0.2) is 0 Å². The van der Waals surface area contributed by atoms with Crippen molar-refractivity contribution in [2.75, 3.05) is 17.3 Å². The maximum atomic E-state index is 11.9. The highest BCUT2D eigenvalue weighted by atomic mass is 35.5. The Bertz CT molecular complexity index is 436. The summed E-state index contributed by atoms with van der Waals surface area (Å²) in [6, 6.07) is 5.31. The highest BCUT2D eigenvalue weighted by Crippen LogP contribution is 2.24. The number of nitrogens with one attached hydrogen (secondary N) is 1. The molecule has 0 radical (unpaired) electrons. The van der Waals surface area contributed by atoms with Crippen LogP contribution < -0.4 is 5.32 Å². The van der Waals surface area contributed by atoms with Gasteiger partial charge in [0.2, 0.25) is 5.91 Å². The first-order valence-electron chi connectivity index (χ1n) is 5.58. The van der Waals surface area contributed by atoms with Gasteiger partial charge in [-0.15, -0.1) is 11.8 Å². The van der Waals surface area contributed by atoms with Gasteiger partial charge in [0, 0.05) is 33.8 Å². The molecule has 1 N–H and O–H groups in total. The molecule has 1 saturated heterocycles. The van der Waals surface area contributed by atoms with Gasteiger partial charge in [-0.1, -0.05) is 29.3 Å². The molecule has 18 heavy (non-hydrogen) atoms. The topological polar surface area (TPSA) is 29.1 Å². The zero-order valence-electron chi connectivity index (χ0n) is 9.62. The second kappa shape index (κ2) is 6.94. The van der Waals surface area contributed by atoms with Crippen LogP contribution in [0.2, 0.25) is 10.0 Å².